The fourth-order valence-corrected chi connectivity index (χ4v) is 3.82. The average Bonchev–Trinajstić information content (AvgIpc) is 2.84. The molecule has 0 bridgehead atoms. The van der Waals surface area contributed by atoms with Crippen LogP contribution in [-0.4, -0.2) is 53.7 Å². The molecular weight excluding hydrogens is 422 g/mol. The van der Waals surface area contributed by atoms with E-state index in [1.807, 2.05) is 31.2 Å². The number of nitrogens with one attached hydrogen (secondary N) is 2. The second kappa shape index (κ2) is 11.5. The third-order valence-corrected chi connectivity index (χ3v) is 5.74. The molecule has 0 aliphatic carbocycles. The molecule has 0 atom stereocenters. The Bertz CT molecular complexity index is 999. The molecule has 3 amide bonds. The number of piperidine rings is 1. The van der Waals surface area contributed by atoms with Gasteiger partial charge >= 0.3 is 6.09 Å². The van der Waals surface area contributed by atoms with Gasteiger partial charge in [0.1, 0.15) is 0 Å². The molecule has 1 aliphatic heterocycles. The minimum absolute atomic E-state index is 0.107. The SMILES string of the molecule is CCOC(=O)N1CCC(NC(=O)c2cc(C(=O)Nc3cccc(CC)c3)ccc2CO)CC1. The third-order valence-electron chi connectivity index (χ3n) is 5.74. The summed E-state index contributed by atoms with van der Waals surface area (Å²) < 4.78 is 5.02. The number of hydrogen-bond donors (Lipinski definition) is 3. The summed E-state index contributed by atoms with van der Waals surface area (Å²) in [6, 6.07) is 12.2. The molecule has 2 aromatic carbocycles. The third kappa shape index (κ3) is 6.32. The lowest BCUT2D eigenvalue weighted by molar-refractivity contribution is 0.0857. The highest BCUT2D eigenvalue weighted by molar-refractivity contribution is 6.06. The van der Waals surface area contributed by atoms with Crippen LogP contribution in [0.5, 0.6) is 0 Å². The topological polar surface area (TPSA) is 108 Å². The molecule has 0 spiro atoms. The van der Waals surface area contributed by atoms with Crippen molar-refractivity contribution in [3.8, 4) is 0 Å². The molecule has 8 nitrogen and oxygen atoms in total. The number of aliphatic hydroxyl groups is 1. The second-order valence-corrected chi connectivity index (χ2v) is 7.97. The molecule has 1 saturated heterocycles. The quantitative estimate of drug-likeness (QED) is 0.596. The highest BCUT2D eigenvalue weighted by atomic mass is 16.6. The highest BCUT2D eigenvalue weighted by Gasteiger charge is 2.25. The van der Waals surface area contributed by atoms with Gasteiger partial charge < -0.3 is 25.4 Å². The number of benzene rings is 2. The number of carbonyl (C=O) groups excluding carboxylic acids is 3. The molecule has 0 saturated carbocycles. The van der Waals surface area contributed by atoms with Crippen molar-refractivity contribution < 1.29 is 24.2 Å². The van der Waals surface area contributed by atoms with Crippen LogP contribution < -0.4 is 10.6 Å². The number of aryl methyl sites for hydroxylation is 1. The van der Waals surface area contributed by atoms with E-state index in [4.69, 9.17) is 4.74 Å². The maximum atomic E-state index is 13.0. The molecule has 1 aliphatic rings. The molecule has 2 aromatic rings. The van der Waals surface area contributed by atoms with Crippen molar-refractivity contribution in [1.29, 1.82) is 0 Å². The predicted octanol–water partition coefficient (Wildman–Crippen LogP) is 3.34. The minimum atomic E-state index is -0.351. The van der Waals surface area contributed by atoms with Gasteiger partial charge in [0.15, 0.2) is 0 Å². The largest absolute Gasteiger partial charge is 0.450 e. The first kappa shape index (κ1) is 24.3. The van der Waals surface area contributed by atoms with E-state index in [9.17, 15) is 19.5 Å². The van der Waals surface area contributed by atoms with Crippen molar-refractivity contribution in [1.82, 2.24) is 10.2 Å². The lowest BCUT2D eigenvalue weighted by Crippen LogP contribution is -2.46. The molecule has 0 aromatic heterocycles. The van der Waals surface area contributed by atoms with Crippen molar-refractivity contribution in [2.45, 2.75) is 45.8 Å². The monoisotopic (exact) mass is 453 g/mol. The van der Waals surface area contributed by atoms with E-state index in [0.29, 0.717) is 49.4 Å². The maximum absolute atomic E-state index is 13.0. The van der Waals surface area contributed by atoms with Gasteiger partial charge in [-0.2, -0.15) is 0 Å². The number of nitrogens with zero attached hydrogens (tertiary/aromatic N) is 1. The molecule has 8 heteroatoms. The van der Waals surface area contributed by atoms with Gasteiger partial charge in [-0.1, -0.05) is 25.1 Å². The molecule has 1 fully saturated rings. The zero-order valence-electron chi connectivity index (χ0n) is 19.1. The maximum Gasteiger partial charge on any atom is 0.409 e. The first-order valence-electron chi connectivity index (χ1n) is 11.3. The average molecular weight is 454 g/mol. The molecule has 33 heavy (non-hydrogen) atoms. The van der Waals surface area contributed by atoms with Crippen molar-refractivity contribution in [3.63, 3.8) is 0 Å². The van der Waals surface area contributed by atoms with Crippen LogP contribution in [0.1, 0.15) is 58.5 Å². The fourth-order valence-electron chi connectivity index (χ4n) is 3.82. The Hall–Kier alpha value is -3.39. The molecule has 0 unspecified atom stereocenters. The van der Waals surface area contributed by atoms with E-state index >= 15 is 0 Å². The van der Waals surface area contributed by atoms with Crippen molar-refractivity contribution in [2.24, 2.45) is 0 Å². The number of ether oxygens (including phenoxy) is 1. The Labute approximate surface area is 193 Å². The van der Waals surface area contributed by atoms with Crippen molar-refractivity contribution in [3.05, 3.63) is 64.7 Å². The molecule has 3 rings (SSSR count). The summed E-state index contributed by atoms with van der Waals surface area (Å²) in [6.45, 7) is 4.81. The summed E-state index contributed by atoms with van der Waals surface area (Å²) in [5.74, 6) is -0.680. The number of aliphatic hydroxyl groups excluding tert-OH is 1. The normalized spacial score (nSPS) is 14.0. The Balaban J connectivity index is 1.67. The Morgan fingerprint density at radius 3 is 2.48 bits per heavy atom. The van der Waals surface area contributed by atoms with Gasteiger partial charge in [-0.15, -0.1) is 0 Å². The molecule has 176 valence electrons. The Morgan fingerprint density at radius 2 is 1.82 bits per heavy atom. The second-order valence-electron chi connectivity index (χ2n) is 7.97. The van der Waals surface area contributed by atoms with Gasteiger partial charge in [0.25, 0.3) is 11.8 Å². The highest BCUT2D eigenvalue weighted by Crippen LogP contribution is 2.18. The zero-order chi connectivity index (χ0) is 23.8. The molecule has 0 radical (unpaired) electrons. The molecule has 3 N–H and O–H groups in total. The van der Waals surface area contributed by atoms with Crippen LogP contribution in [0.3, 0.4) is 0 Å². The predicted molar refractivity (Wildman–Crippen MR) is 125 cm³/mol. The Kier molecular flexibility index (Phi) is 8.43. The number of carbonyl (C=O) groups is 3. The standard InChI is InChI=1S/C25H31N3O5/c1-3-17-6-5-7-21(14-17)27-23(30)18-8-9-19(16-29)22(15-18)24(31)26-20-10-12-28(13-11-20)25(32)33-4-2/h5-9,14-15,20,29H,3-4,10-13,16H2,1-2H3,(H,26,31)(H,27,30). The van der Waals surface area contributed by atoms with Crippen LogP contribution in [0.4, 0.5) is 10.5 Å². The van der Waals surface area contributed by atoms with Gasteiger partial charge in [0.05, 0.1) is 13.2 Å². The van der Waals surface area contributed by atoms with E-state index in [1.54, 1.807) is 24.0 Å². The molecular formula is C25H31N3O5. The van der Waals surface area contributed by atoms with Gasteiger partial charge in [-0.05, 0) is 61.6 Å². The van der Waals surface area contributed by atoms with Gasteiger partial charge in [-0.25, -0.2) is 4.79 Å². The van der Waals surface area contributed by atoms with Crippen molar-refractivity contribution >= 4 is 23.6 Å². The van der Waals surface area contributed by atoms with Crippen LogP contribution in [0.25, 0.3) is 0 Å². The number of likely N-dealkylation sites (tertiary alicyclic amines) is 1. The summed E-state index contributed by atoms with van der Waals surface area (Å²) >= 11 is 0. The fraction of sp³-hybridized carbons (Fsp3) is 0.400. The summed E-state index contributed by atoms with van der Waals surface area (Å²) in [5, 5.41) is 15.5. The lowest BCUT2D eigenvalue weighted by atomic mass is 10.0. The van der Waals surface area contributed by atoms with Gasteiger partial charge in [0, 0.05) is 35.9 Å². The first-order chi connectivity index (χ1) is 15.9. The van der Waals surface area contributed by atoms with E-state index in [1.165, 1.54) is 6.07 Å². The van der Waals surface area contributed by atoms with Crippen LogP contribution in [0, 0.1) is 0 Å². The smallest absolute Gasteiger partial charge is 0.409 e. The zero-order valence-corrected chi connectivity index (χ0v) is 19.1. The minimum Gasteiger partial charge on any atom is -0.450 e. The summed E-state index contributed by atoms with van der Waals surface area (Å²) in [7, 11) is 0. The molecule has 1 heterocycles. The summed E-state index contributed by atoms with van der Waals surface area (Å²) in [5.41, 5.74) is 2.83. The van der Waals surface area contributed by atoms with Crippen LogP contribution in [0.2, 0.25) is 0 Å². The van der Waals surface area contributed by atoms with E-state index in [2.05, 4.69) is 10.6 Å². The lowest BCUT2D eigenvalue weighted by Gasteiger charge is -2.31. The summed E-state index contributed by atoms with van der Waals surface area (Å²) in [4.78, 5) is 39.2. The summed E-state index contributed by atoms with van der Waals surface area (Å²) in [6.07, 6.45) is 1.73. The van der Waals surface area contributed by atoms with Crippen molar-refractivity contribution in [2.75, 3.05) is 25.0 Å². The van der Waals surface area contributed by atoms with E-state index in [-0.39, 0.29) is 36.1 Å². The number of rotatable bonds is 7. The van der Waals surface area contributed by atoms with Gasteiger partial charge in [0.2, 0.25) is 0 Å². The number of hydrogen-bond acceptors (Lipinski definition) is 5. The van der Waals surface area contributed by atoms with E-state index < -0.39 is 0 Å². The first-order valence-corrected chi connectivity index (χ1v) is 11.3. The van der Waals surface area contributed by atoms with E-state index in [0.717, 1.165) is 12.0 Å². The number of anilines is 1. The number of amides is 3. The van der Waals surface area contributed by atoms with Crippen LogP contribution >= 0.6 is 0 Å². The van der Waals surface area contributed by atoms with Crippen LogP contribution in [0.15, 0.2) is 42.5 Å². The van der Waals surface area contributed by atoms with Crippen LogP contribution in [-0.2, 0) is 17.8 Å². The van der Waals surface area contributed by atoms with Gasteiger partial charge in [-0.3, -0.25) is 9.59 Å². The Morgan fingerprint density at radius 1 is 1.06 bits per heavy atom.